The minimum atomic E-state index is -0.171. The highest BCUT2D eigenvalue weighted by atomic mass is 16.1. The molecule has 1 rings (SSSR count). The van der Waals surface area contributed by atoms with Crippen LogP contribution in [-0.4, -0.2) is 11.6 Å². The van der Waals surface area contributed by atoms with Crippen LogP contribution in [0.3, 0.4) is 0 Å². The second-order valence-electron chi connectivity index (χ2n) is 3.93. The number of Topliss-reactive ketones (excluding diaryl/α,β-unsaturated/α-hetero) is 2. The molecule has 0 unspecified atom stereocenters. The van der Waals surface area contributed by atoms with Gasteiger partial charge in [-0.15, -0.1) is 0 Å². The van der Waals surface area contributed by atoms with Crippen molar-refractivity contribution in [3.05, 3.63) is 35.4 Å². The number of carbonyl (C=O) groups excluding carboxylic acids is 2. The van der Waals surface area contributed by atoms with E-state index in [1.165, 1.54) is 0 Å². The van der Waals surface area contributed by atoms with E-state index in [4.69, 9.17) is 5.26 Å². The molecule has 0 spiro atoms. The topological polar surface area (TPSA) is 57.9 Å². The van der Waals surface area contributed by atoms with E-state index < -0.39 is 0 Å². The molecular formula is C14H15NO2. The highest BCUT2D eigenvalue weighted by Gasteiger charge is 2.11. The standard InChI is InChI=1S/C14H15NO2/c1-2-3-4-13(16)9-14(17)12-7-5-11(10-15)6-8-12/h5-8H,2-4,9H2,1H3. The van der Waals surface area contributed by atoms with Gasteiger partial charge >= 0.3 is 0 Å². The number of unbranched alkanes of at least 4 members (excludes halogenated alkanes) is 1. The van der Waals surface area contributed by atoms with E-state index in [0.29, 0.717) is 17.5 Å². The number of benzene rings is 1. The fourth-order valence-corrected chi connectivity index (χ4v) is 1.47. The van der Waals surface area contributed by atoms with E-state index in [1.54, 1.807) is 24.3 Å². The molecule has 0 radical (unpaired) electrons. The first-order valence-electron chi connectivity index (χ1n) is 5.72. The summed E-state index contributed by atoms with van der Waals surface area (Å²) in [5.74, 6) is -0.184. The molecule has 17 heavy (non-hydrogen) atoms. The smallest absolute Gasteiger partial charge is 0.170 e. The first-order chi connectivity index (χ1) is 8.17. The summed E-state index contributed by atoms with van der Waals surface area (Å²) < 4.78 is 0. The minimum Gasteiger partial charge on any atom is -0.299 e. The molecule has 0 saturated heterocycles. The van der Waals surface area contributed by atoms with Crippen molar-refractivity contribution in [2.24, 2.45) is 0 Å². The van der Waals surface area contributed by atoms with Crippen LogP contribution in [0.1, 0.15) is 48.5 Å². The number of nitriles is 1. The van der Waals surface area contributed by atoms with Crippen molar-refractivity contribution in [3.63, 3.8) is 0 Å². The van der Waals surface area contributed by atoms with Gasteiger partial charge in [0.05, 0.1) is 18.1 Å². The molecule has 0 aliphatic rings. The second-order valence-corrected chi connectivity index (χ2v) is 3.93. The fraction of sp³-hybridized carbons (Fsp3) is 0.357. The molecule has 3 nitrogen and oxygen atoms in total. The van der Waals surface area contributed by atoms with E-state index in [1.807, 2.05) is 13.0 Å². The molecule has 0 heterocycles. The zero-order valence-corrected chi connectivity index (χ0v) is 9.90. The van der Waals surface area contributed by atoms with Crippen LogP contribution in [0.5, 0.6) is 0 Å². The zero-order valence-electron chi connectivity index (χ0n) is 9.90. The molecule has 0 bridgehead atoms. The Balaban J connectivity index is 2.58. The largest absolute Gasteiger partial charge is 0.299 e. The molecule has 0 atom stereocenters. The van der Waals surface area contributed by atoms with Gasteiger partial charge in [0.25, 0.3) is 0 Å². The molecule has 0 saturated carbocycles. The van der Waals surface area contributed by atoms with Gasteiger partial charge in [-0.1, -0.05) is 25.5 Å². The molecule has 0 aliphatic heterocycles. The van der Waals surface area contributed by atoms with Crippen molar-refractivity contribution in [3.8, 4) is 6.07 Å². The third-order valence-electron chi connectivity index (χ3n) is 2.50. The maximum absolute atomic E-state index is 11.7. The van der Waals surface area contributed by atoms with Crippen LogP contribution in [0, 0.1) is 11.3 Å². The highest BCUT2D eigenvalue weighted by Crippen LogP contribution is 2.08. The Morgan fingerprint density at radius 2 is 1.88 bits per heavy atom. The molecule has 0 aliphatic carbocycles. The van der Waals surface area contributed by atoms with Crippen molar-refractivity contribution >= 4 is 11.6 Å². The van der Waals surface area contributed by atoms with Gasteiger partial charge in [-0.25, -0.2) is 0 Å². The summed E-state index contributed by atoms with van der Waals surface area (Å²) in [5.41, 5.74) is 1.01. The van der Waals surface area contributed by atoms with Crippen LogP contribution >= 0.6 is 0 Å². The van der Waals surface area contributed by atoms with Crippen LogP contribution in [0.15, 0.2) is 24.3 Å². The van der Waals surface area contributed by atoms with Crippen molar-refractivity contribution in [1.82, 2.24) is 0 Å². The number of hydrogen-bond acceptors (Lipinski definition) is 3. The average Bonchev–Trinajstić information content (AvgIpc) is 2.36. The molecule has 1 aromatic rings. The summed E-state index contributed by atoms with van der Waals surface area (Å²) in [4.78, 5) is 23.1. The molecule has 3 heteroatoms. The SMILES string of the molecule is CCCCC(=O)CC(=O)c1ccc(C#N)cc1. The molecule has 0 N–H and O–H groups in total. The van der Waals surface area contributed by atoms with E-state index in [0.717, 1.165) is 12.8 Å². The first kappa shape index (κ1) is 13.1. The Morgan fingerprint density at radius 3 is 2.41 bits per heavy atom. The zero-order chi connectivity index (χ0) is 12.7. The van der Waals surface area contributed by atoms with E-state index in [-0.39, 0.29) is 18.0 Å². The van der Waals surface area contributed by atoms with Crippen molar-refractivity contribution in [1.29, 1.82) is 5.26 Å². The van der Waals surface area contributed by atoms with Crippen molar-refractivity contribution < 1.29 is 9.59 Å². The molecular weight excluding hydrogens is 214 g/mol. The second kappa shape index (κ2) is 6.59. The van der Waals surface area contributed by atoms with E-state index >= 15 is 0 Å². The van der Waals surface area contributed by atoms with Gasteiger partial charge in [0.15, 0.2) is 5.78 Å². The van der Waals surface area contributed by atoms with Gasteiger partial charge in [0, 0.05) is 12.0 Å². The number of nitrogens with zero attached hydrogens (tertiary/aromatic N) is 1. The number of rotatable bonds is 6. The summed E-state index contributed by atoms with van der Waals surface area (Å²) in [5, 5.41) is 8.62. The average molecular weight is 229 g/mol. The molecule has 0 aromatic heterocycles. The summed E-state index contributed by atoms with van der Waals surface area (Å²) in [6.45, 7) is 2.01. The molecule has 1 aromatic carbocycles. The van der Waals surface area contributed by atoms with E-state index in [9.17, 15) is 9.59 Å². The minimum absolute atomic E-state index is 0.0128. The maximum Gasteiger partial charge on any atom is 0.170 e. The van der Waals surface area contributed by atoms with Crippen LogP contribution in [0.25, 0.3) is 0 Å². The van der Waals surface area contributed by atoms with Crippen LogP contribution in [0.2, 0.25) is 0 Å². The Morgan fingerprint density at radius 1 is 1.24 bits per heavy atom. The molecule has 0 fully saturated rings. The van der Waals surface area contributed by atoms with E-state index in [2.05, 4.69) is 0 Å². The Kier molecular flexibility index (Phi) is 5.09. The highest BCUT2D eigenvalue weighted by molar-refractivity contribution is 6.07. The molecule has 0 amide bonds. The number of ketones is 2. The van der Waals surface area contributed by atoms with Gasteiger partial charge in [0.1, 0.15) is 5.78 Å². The van der Waals surface area contributed by atoms with Crippen LogP contribution < -0.4 is 0 Å². The van der Waals surface area contributed by atoms with Crippen LogP contribution in [0.4, 0.5) is 0 Å². The third-order valence-corrected chi connectivity index (χ3v) is 2.50. The lowest BCUT2D eigenvalue weighted by Gasteiger charge is -2.00. The summed E-state index contributed by atoms with van der Waals surface area (Å²) in [7, 11) is 0. The summed E-state index contributed by atoms with van der Waals surface area (Å²) in [6.07, 6.45) is 2.22. The van der Waals surface area contributed by atoms with Crippen molar-refractivity contribution in [2.45, 2.75) is 32.6 Å². The van der Waals surface area contributed by atoms with Crippen LogP contribution in [-0.2, 0) is 4.79 Å². The Hall–Kier alpha value is -1.95. The predicted molar refractivity (Wildman–Crippen MR) is 64.6 cm³/mol. The lowest BCUT2D eigenvalue weighted by Crippen LogP contribution is -2.07. The monoisotopic (exact) mass is 229 g/mol. The van der Waals surface area contributed by atoms with Gasteiger partial charge < -0.3 is 0 Å². The fourth-order valence-electron chi connectivity index (χ4n) is 1.47. The molecule has 88 valence electrons. The summed E-state index contributed by atoms with van der Waals surface area (Å²) in [6, 6.07) is 8.34. The van der Waals surface area contributed by atoms with Gasteiger partial charge in [-0.05, 0) is 18.6 Å². The quantitative estimate of drug-likeness (QED) is 0.556. The Bertz CT molecular complexity index is 440. The van der Waals surface area contributed by atoms with Gasteiger partial charge in [-0.3, -0.25) is 9.59 Å². The number of carbonyl (C=O) groups is 2. The van der Waals surface area contributed by atoms with Gasteiger partial charge in [0.2, 0.25) is 0 Å². The maximum atomic E-state index is 11.7. The third kappa shape index (κ3) is 4.20. The predicted octanol–water partition coefficient (Wildman–Crippen LogP) is 2.89. The lowest BCUT2D eigenvalue weighted by atomic mass is 10.0. The lowest BCUT2D eigenvalue weighted by molar-refractivity contribution is -0.118. The van der Waals surface area contributed by atoms with Crippen molar-refractivity contribution in [2.75, 3.05) is 0 Å². The number of hydrogen-bond donors (Lipinski definition) is 0. The van der Waals surface area contributed by atoms with Gasteiger partial charge in [-0.2, -0.15) is 5.26 Å². The normalized spacial score (nSPS) is 9.65. The first-order valence-corrected chi connectivity index (χ1v) is 5.72. The summed E-state index contributed by atoms with van der Waals surface area (Å²) >= 11 is 0. The Labute approximate surface area is 101 Å².